The van der Waals surface area contributed by atoms with Gasteiger partial charge in [0, 0.05) is 23.4 Å². The molecule has 0 spiro atoms. The molecule has 0 radical (unpaired) electrons. The lowest BCUT2D eigenvalue weighted by Crippen LogP contribution is -2.37. The zero-order valence-electron chi connectivity index (χ0n) is 17.6. The van der Waals surface area contributed by atoms with E-state index < -0.39 is 11.4 Å². The predicted molar refractivity (Wildman–Crippen MR) is 117 cm³/mol. The van der Waals surface area contributed by atoms with E-state index in [9.17, 15) is 14.4 Å². The average molecular weight is 426 g/mol. The molecule has 0 unspecified atom stereocenters. The molecule has 0 saturated carbocycles. The van der Waals surface area contributed by atoms with E-state index in [1.165, 1.54) is 22.9 Å². The second-order valence-corrected chi connectivity index (χ2v) is 9.39. The van der Waals surface area contributed by atoms with Crippen LogP contribution in [0.5, 0.6) is 0 Å². The van der Waals surface area contributed by atoms with Gasteiger partial charge in [0.05, 0.1) is 11.3 Å². The number of nitrogens with zero attached hydrogens (tertiary/aromatic N) is 1. The van der Waals surface area contributed by atoms with Crippen molar-refractivity contribution in [2.24, 2.45) is 5.41 Å². The monoisotopic (exact) mass is 425 g/mol. The molecule has 2 aromatic carbocycles. The molecule has 158 valence electrons. The van der Waals surface area contributed by atoms with Crippen LogP contribution in [0.1, 0.15) is 42.3 Å². The first-order chi connectivity index (χ1) is 14.3. The Labute approximate surface area is 181 Å². The summed E-state index contributed by atoms with van der Waals surface area (Å²) >= 11 is 1.32. The van der Waals surface area contributed by atoms with Crippen LogP contribution in [0, 0.1) is 5.41 Å². The van der Waals surface area contributed by atoms with Gasteiger partial charge < -0.3 is 9.64 Å². The maximum Gasteiger partial charge on any atom is 0.339 e. The van der Waals surface area contributed by atoms with E-state index in [1.807, 2.05) is 23.1 Å². The van der Waals surface area contributed by atoms with Gasteiger partial charge in [-0.2, -0.15) is 0 Å². The van der Waals surface area contributed by atoms with Gasteiger partial charge in [-0.15, -0.1) is 11.8 Å². The fourth-order valence-corrected chi connectivity index (χ4v) is 4.07. The van der Waals surface area contributed by atoms with Crippen molar-refractivity contribution < 1.29 is 19.1 Å². The fourth-order valence-electron chi connectivity index (χ4n) is 3.13. The third-order valence-electron chi connectivity index (χ3n) is 5.11. The number of fused-ring (bicyclic) bond motifs is 1. The maximum absolute atomic E-state index is 12.7. The van der Waals surface area contributed by atoms with Gasteiger partial charge in [-0.3, -0.25) is 9.59 Å². The zero-order valence-corrected chi connectivity index (χ0v) is 18.5. The number of amides is 1. The lowest BCUT2D eigenvalue weighted by Gasteiger charge is -2.28. The first-order valence-electron chi connectivity index (χ1n) is 10.0. The van der Waals surface area contributed by atoms with Crippen LogP contribution in [0.15, 0.2) is 53.4 Å². The van der Waals surface area contributed by atoms with Crippen molar-refractivity contribution in [1.29, 1.82) is 0 Å². The predicted octanol–water partition coefficient (Wildman–Crippen LogP) is 4.14. The second-order valence-electron chi connectivity index (χ2n) is 8.37. The summed E-state index contributed by atoms with van der Waals surface area (Å²) in [5, 5.41) is 0. The number of benzene rings is 2. The number of ketones is 1. The Morgan fingerprint density at radius 3 is 2.40 bits per heavy atom. The molecule has 1 amide bonds. The molecule has 0 aliphatic carbocycles. The van der Waals surface area contributed by atoms with Crippen molar-refractivity contribution in [3.8, 4) is 0 Å². The summed E-state index contributed by atoms with van der Waals surface area (Å²) in [5.41, 5.74) is 2.30. The van der Waals surface area contributed by atoms with Crippen molar-refractivity contribution in [3.05, 3.63) is 65.2 Å². The number of carbonyl (C=O) groups excluding carboxylic acids is 3. The molecular weight excluding hydrogens is 398 g/mol. The van der Waals surface area contributed by atoms with Crippen LogP contribution in [0.4, 0.5) is 0 Å². The van der Waals surface area contributed by atoms with Crippen LogP contribution >= 0.6 is 11.8 Å². The van der Waals surface area contributed by atoms with Gasteiger partial charge in [0.2, 0.25) is 5.91 Å². The number of hydrogen-bond acceptors (Lipinski definition) is 5. The summed E-state index contributed by atoms with van der Waals surface area (Å²) in [6.07, 6.45) is 0.858. The number of rotatable bonds is 6. The van der Waals surface area contributed by atoms with E-state index in [-0.39, 0.29) is 24.1 Å². The summed E-state index contributed by atoms with van der Waals surface area (Å²) in [7, 11) is 0. The molecule has 3 rings (SSSR count). The van der Waals surface area contributed by atoms with Crippen molar-refractivity contribution in [2.45, 2.75) is 38.6 Å². The van der Waals surface area contributed by atoms with Gasteiger partial charge in [-0.1, -0.05) is 57.2 Å². The van der Waals surface area contributed by atoms with E-state index in [4.69, 9.17) is 4.74 Å². The number of hydrogen-bond donors (Lipinski definition) is 0. The minimum Gasteiger partial charge on any atom is -0.454 e. The Bertz CT molecular complexity index is 948. The Balaban J connectivity index is 1.59. The minimum atomic E-state index is -0.561. The van der Waals surface area contributed by atoms with E-state index in [2.05, 4.69) is 12.1 Å². The SMILES string of the molecule is CC(C)(C)C(=O)COC(=O)c1ccccc1SCC(=O)N1CCc2ccccc2C1. The van der Waals surface area contributed by atoms with Crippen LogP contribution in [0.2, 0.25) is 0 Å². The molecule has 0 fully saturated rings. The molecule has 1 aliphatic heterocycles. The van der Waals surface area contributed by atoms with Gasteiger partial charge in [-0.25, -0.2) is 4.79 Å². The zero-order chi connectivity index (χ0) is 21.7. The van der Waals surface area contributed by atoms with Gasteiger partial charge >= 0.3 is 5.97 Å². The van der Waals surface area contributed by atoms with Crippen LogP contribution in [-0.2, 0) is 27.3 Å². The first kappa shape index (κ1) is 22.1. The summed E-state index contributed by atoms with van der Waals surface area (Å²) in [5.74, 6) is -0.398. The van der Waals surface area contributed by atoms with Crippen LogP contribution in [0.25, 0.3) is 0 Å². The van der Waals surface area contributed by atoms with Gasteiger partial charge in [-0.05, 0) is 29.7 Å². The molecule has 1 aliphatic rings. The van der Waals surface area contributed by atoms with Crippen LogP contribution in [-0.4, -0.2) is 41.5 Å². The van der Waals surface area contributed by atoms with Gasteiger partial charge in [0.25, 0.3) is 0 Å². The Morgan fingerprint density at radius 1 is 1.00 bits per heavy atom. The van der Waals surface area contributed by atoms with E-state index in [0.717, 1.165) is 6.42 Å². The Hall–Kier alpha value is -2.60. The molecular formula is C24H27NO4S. The number of ether oxygens (including phenoxy) is 1. The lowest BCUT2D eigenvalue weighted by molar-refractivity contribution is -0.130. The second kappa shape index (κ2) is 9.47. The summed E-state index contributed by atoms with van der Waals surface area (Å²) in [4.78, 5) is 39.8. The Kier molecular flexibility index (Phi) is 6.98. The highest BCUT2D eigenvalue weighted by Gasteiger charge is 2.24. The van der Waals surface area contributed by atoms with Gasteiger partial charge in [0.15, 0.2) is 12.4 Å². The summed E-state index contributed by atoms with van der Waals surface area (Å²) < 4.78 is 5.22. The maximum atomic E-state index is 12.7. The van der Waals surface area contributed by atoms with Gasteiger partial charge in [0.1, 0.15) is 0 Å². The van der Waals surface area contributed by atoms with Crippen LogP contribution in [0.3, 0.4) is 0 Å². The molecule has 0 atom stereocenters. The molecule has 1 heterocycles. The average Bonchev–Trinajstić information content (AvgIpc) is 2.74. The first-order valence-corrected chi connectivity index (χ1v) is 11.0. The number of carbonyl (C=O) groups is 3. The van der Waals surface area contributed by atoms with E-state index >= 15 is 0 Å². The molecule has 0 N–H and O–H groups in total. The number of esters is 1. The molecule has 6 heteroatoms. The minimum absolute atomic E-state index is 0.0422. The smallest absolute Gasteiger partial charge is 0.339 e. The van der Waals surface area contributed by atoms with Crippen molar-refractivity contribution in [2.75, 3.05) is 18.9 Å². The third-order valence-corrected chi connectivity index (χ3v) is 6.17. The summed E-state index contributed by atoms with van der Waals surface area (Å²) in [6, 6.07) is 15.2. The van der Waals surface area contributed by atoms with E-state index in [0.29, 0.717) is 23.5 Å². The van der Waals surface area contributed by atoms with Crippen molar-refractivity contribution in [3.63, 3.8) is 0 Å². The third kappa shape index (κ3) is 5.51. The van der Waals surface area contributed by atoms with E-state index in [1.54, 1.807) is 39.0 Å². The largest absolute Gasteiger partial charge is 0.454 e. The Morgan fingerprint density at radius 2 is 1.67 bits per heavy atom. The number of Topliss-reactive ketones (excluding diaryl/α,β-unsaturated/α-hetero) is 1. The van der Waals surface area contributed by atoms with Crippen LogP contribution < -0.4 is 0 Å². The molecule has 0 aromatic heterocycles. The quantitative estimate of drug-likeness (QED) is 0.514. The molecule has 0 bridgehead atoms. The molecule has 5 nitrogen and oxygen atoms in total. The lowest BCUT2D eigenvalue weighted by atomic mass is 9.91. The highest BCUT2D eigenvalue weighted by molar-refractivity contribution is 8.00. The molecule has 2 aromatic rings. The van der Waals surface area contributed by atoms with Crippen molar-refractivity contribution in [1.82, 2.24) is 4.90 Å². The molecule has 0 saturated heterocycles. The summed E-state index contributed by atoms with van der Waals surface area (Å²) in [6.45, 7) is 6.43. The number of thioether (sulfide) groups is 1. The topological polar surface area (TPSA) is 63.7 Å². The highest BCUT2D eigenvalue weighted by atomic mass is 32.2. The highest BCUT2D eigenvalue weighted by Crippen LogP contribution is 2.26. The fraction of sp³-hybridized carbons (Fsp3) is 0.375. The standard InChI is InChI=1S/C24H27NO4S/c1-24(2,3)21(26)15-29-23(28)19-10-6-7-11-20(19)30-16-22(27)25-13-12-17-8-4-5-9-18(17)14-25/h4-11H,12-16H2,1-3H3. The normalized spacial score (nSPS) is 13.5. The molecule has 30 heavy (non-hydrogen) atoms. The van der Waals surface area contributed by atoms with Crippen molar-refractivity contribution >= 4 is 29.4 Å².